The fourth-order valence-corrected chi connectivity index (χ4v) is 3.67. The maximum atomic E-state index is 12.2. The van der Waals surface area contributed by atoms with Crippen molar-refractivity contribution < 1.29 is 14.3 Å². The highest BCUT2D eigenvalue weighted by atomic mass is 32.1. The van der Waals surface area contributed by atoms with Gasteiger partial charge in [-0.05, 0) is 12.0 Å². The summed E-state index contributed by atoms with van der Waals surface area (Å²) in [5.74, 6) is 1.20. The zero-order valence-electron chi connectivity index (χ0n) is 14.5. The van der Waals surface area contributed by atoms with Crippen molar-refractivity contribution in [1.82, 2.24) is 4.57 Å². The number of benzene rings is 2. The number of rotatable bonds is 5. The van der Waals surface area contributed by atoms with Gasteiger partial charge in [-0.25, -0.2) is 0 Å². The summed E-state index contributed by atoms with van der Waals surface area (Å²) in [4.78, 5) is 17.2. The zero-order chi connectivity index (χ0) is 17.8. The zero-order valence-corrected chi connectivity index (χ0v) is 15.3. The molecule has 6 heteroatoms. The maximum absolute atomic E-state index is 12.2. The summed E-state index contributed by atoms with van der Waals surface area (Å²) >= 11 is 1.46. The van der Waals surface area contributed by atoms with Gasteiger partial charge in [-0.15, -0.1) is 0 Å². The molecule has 0 unspecified atom stereocenters. The first-order valence-corrected chi connectivity index (χ1v) is 8.77. The summed E-state index contributed by atoms with van der Waals surface area (Å²) < 4.78 is 13.6. The van der Waals surface area contributed by atoms with Gasteiger partial charge in [0.15, 0.2) is 16.3 Å². The van der Waals surface area contributed by atoms with Gasteiger partial charge >= 0.3 is 0 Å². The predicted molar refractivity (Wildman–Crippen MR) is 99.2 cm³/mol. The summed E-state index contributed by atoms with van der Waals surface area (Å²) in [5.41, 5.74) is 2.10. The van der Waals surface area contributed by atoms with Crippen molar-refractivity contribution in [3.8, 4) is 11.5 Å². The van der Waals surface area contributed by atoms with E-state index in [1.807, 2.05) is 54.1 Å². The lowest BCUT2D eigenvalue weighted by molar-refractivity contribution is -0.118. The number of nitrogens with zero attached hydrogens (tertiary/aromatic N) is 2. The molecule has 0 saturated heterocycles. The molecule has 3 rings (SSSR count). The van der Waals surface area contributed by atoms with Crippen molar-refractivity contribution in [1.29, 1.82) is 0 Å². The van der Waals surface area contributed by atoms with E-state index < -0.39 is 0 Å². The Labute approximate surface area is 150 Å². The Morgan fingerprint density at radius 2 is 1.80 bits per heavy atom. The molecule has 0 saturated carbocycles. The van der Waals surface area contributed by atoms with Crippen LogP contribution in [0.4, 0.5) is 0 Å². The Kier molecular flexibility index (Phi) is 5.19. The monoisotopic (exact) mass is 356 g/mol. The molecule has 0 aliphatic heterocycles. The smallest absolute Gasteiger partial charge is 0.248 e. The van der Waals surface area contributed by atoms with Crippen LogP contribution in [0.25, 0.3) is 10.2 Å². The molecule has 2 aromatic carbocycles. The largest absolute Gasteiger partial charge is 0.493 e. The molecule has 0 atom stereocenters. The number of amides is 1. The molecule has 0 aliphatic carbocycles. The fraction of sp³-hybridized carbons (Fsp3) is 0.263. The van der Waals surface area contributed by atoms with E-state index in [1.165, 1.54) is 11.3 Å². The molecule has 1 aromatic heterocycles. The van der Waals surface area contributed by atoms with Crippen LogP contribution in [-0.2, 0) is 18.3 Å². The lowest BCUT2D eigenvalue weighted by Gasteiger charge is -2.07. The van der Waals surface area contributed by atoms with Crippen molar-refractivity contribution in [3.05, 3.63) is 52.8 Å². The predicted octanol–water partition coefficient (Wildman–Crippen LogP) is 3.32. The highest BCUT2D eigenvalue weighted by molar-refractivity contribution is 7.16. The fourth-order valence-electron chi connectivity index (χ4n) is 2.62. The Morgan fingerprint density at radius 3 is 2.48 bits per heavy atom. The van der Waals surface area contributed by atoms with Gasteiger partial charge in [-0.2, -0.15) is 4.99 Å². The van der Waals surface area contributed by atoms with Crippen LogP contribution in [0, 0.1) is 0 Å². The van der Waals surface area contributed by atoms with Crippen molar-refractivity contribution >= 4 is 27.5 Å². The van der Waals surface area contributed by atoms with Crippen LogP contribution in [0.5, 0.6) is 11.5 Å². The van der Waals surface area contributed by atoms with Gasteiger partial charge in [-0.3, -0.25) is 4.79 Å². The maximum Gasteiger partial charge on any atom is 0.248 e. The molecular weight excluding hydrogens is 336 g/mol. The first-order valence-electron chi connectivity index (χ1n) is 7.95. The number of carbonyl (C=O) groups excluding carboxylic acids is 1. The third-order valence-corrected chi connectivity index (χ3v) is 5.10. The highest BCUT2D eigenvalue weighted by Crippen LogP contribution is 2.32. The third-order valence-electron chi connectivity index (χ3n) is 4.01. The number of fused-ring (bicyclic) bond motifs is 1. The van der Waals surface area contributed by atoms with Crippen LogP contribution >= 0.6 is 11.3 Å². The number of thiazole rings is 1. The van der Waals surface area contributed by atoms with E-state index in [0.29, 0.717) is 29.1 Å². The van der Waals surface area contributed by atoms with Crippen LogP contribution in [0.3, 0.4) is 0 Å². The molecule has 0 spiro atoms. The Hall–Kier alpha value is -2.60. The summed E-state index contributed by atoms with van der Waals surface area (Å²) in [6.45, 7) is 0. The van der Waals surface area contributed by atoms with Gasteiger partial charge in [0.25, 0.3) is 0 Å². The molecule has 1 heterocycles. The highest BCUT2D eigenvalue weighted by Gasteiger charge is 2.11. The lowest BCUT2D eigenvalue weighted by Crippen LogP contribution is -2.13. The van der Waals surface area contributed by atoms with E-state index in [0.717, 1.165) is 15.8 Å². The van der Waals surface area contributed by atoms with Gasteiger partial charge in [0.2, 0.25) is 5.91 Å². The van der Waals surface area contributed by atoms with Crippen LogP contribution in [0.2, 0.25) is 0 Å². The van der Waals surface area contributed by atoms with Crippen LogP contribution in [-0.4, -0.2) is 24.7 Å². The van der Waals surface area contributed by atoms with Crippen LogP contribution in [0.1, 0.15) is 12.0 Å². The van der Waals surface area contributed by atoms with E-state index in [2.05, 4.69) is 4.99 Å². The van der Waals surface area contributed by atoms with Gasteiger partial charge in [-0.1, -0.05) is 41.7 Å². The molecule has 130 valence electrons. The van der Waals surface area contributed by atoms with Crippen molar-refractivity contribution in [2.75, 3.05) is 14.2 Å². The molecule has 25 heavy (non-hydrogen) atoms. The second kappa shape index (κ2) is 7.53. The molecule has 0 bridgehead atoms. The molecule has 0 aliphatic rings. The summed E-state index contributed by atoms with van der Waals surface area (Å²) in [6.07, 6.45) is 1.09. The molecule has 0 radical (unpaired) electrons. The van der Waals surface area contributed by atoms with Crippen LogP contribution in [0.15, 0.2) is 47.5 Å². The van der Waals surface area contributed by atoms with E-state index in [9.17, 15) is 4.79 Å². The van der Waals surface area contributed by atoms with Crippen molar-refractivity contribution in [2.45, 2.75) is 12.8 Å². The quantitative estimate of drug-likeness (QED) is 0.705. The van der Waals surface area contributed by atoms with Gasteiger partial charge in [0, 0.05) is 25.6 Å². The Morgan fingerprint density at radius 1 is 1.12 bits per heavy atom. The third kappa shape index (κ3) is 3.74. The Balaban J connectivity index is 1.88. The Bertz CT molecular complexity index is 958. The number of aromatic nitrogens is 1. The molecule has 3 aromatic rings. The topological polar surface area (TPSA) is 52.8 Å². The average molecular weight is 356 g/mol. The average Bonchev–Trinajstić information content (AvgIpc) is 2.94. The molecule has 5 nitrogen and oxygen atoms in total. The lowest BCUT2D eigenvalue weighted by atomic mass is 10.1. The van der Waals surface area contributed by atoms with Crippen molar-refractivity contribution in [2.24, 2.45) is 12.0 Å². The van der Waals surface area contributed by atoms with Gasteiger partial charge in [0.05, 0.1) is 24.4 Å². The van der Waals surface area contributed by atoms with Gasteiger partial charge < -0.3 is 14.0 Å². The number of carbonyl (C=O) groups is 1. The van der Waals surface area contributed by atoms with Crippen LogP contribution < -0.4 is 14.3 Å². The number of hydrogen-bond donors (Lipinski definition) is 0. The molecule has 0 N–H and O–H groups in total. The second-order valence-electron chi connectivity index (χ2n) is 5.61. The first-order chi connectivity index (χ1) is 12.1. The summed E-state index contributed by atoms with van der Waals surface area (Å²) in [6, 6.07) is 13.8. The minimum atomic E-state index is -0.120. The first kappa shape index (κ1) is 17.2. The summed E-state index contributed by atoms with van der Waals surface area (Å²) in [7, 11) is 5.11. The van der Waals surface area contributed by atoms with E-state index in [1.54, 1.807) is 14.2 Å². The van der Waals surface area contributed by atoms with Gasteiger partial charge in [0.1, 0.15) is 0 Å². The molecule has 0 fully saturated rings. The normalized spacial score (nSPS) is 11.7. The van der Waals surface area contributed by atoms with Crippen molar-refractivity contribution in [3.63, 3.8) is 0 Å². The second-order valence-corrected chi connectivity index (χ2v) is 6.62. The molecular formula is C19H20N2O3S. The molecule has 1 amide bonds. The number of methoxy groups -OCH3 is 2. The minimum absolute atomic E-state index is 0.120. The SMILES string of the molecule is COc1cc2sc(=NC(=O)CCc3ccccc3)n(C)c2cc1OC. The summed E-state index contributed by atoms with van der Waals surface area (Å²) in [5, 5.41) is 0. The van der Waals surface area contributed by atoms with E-state index in [4.69, 9.17) is 9.47 Å². The standard InChI is InChI=1S/C19H20N2O3S/c1-21-14-11-15(23-2)16(24-3)12-17(14)25-19(21)20-18(22)10-9-13-7-5-4-6-8-13/h4-8,11-12H,9-10H2,1-3H3. The minimum Gasteiger partial charge on any atom is -0.493 e. The number of aryl methyl sites for hydroxylation is 2. The number of ether oxygens (including phenoxy) is 2. The number of hydrogen-bond acceptors (Lipinski definition) is 4. The van der Waals surface area contributed by atoms with E-state index >= 15 is 0 Å². The van der Waals surface area contributed by atoms with E-state index in [-0.39, 0.29) is 5.91 Å².